The van der Waals surface area contributed by atoms with Gasteiger partial charge in [0.05, 0.1) is 5.52 Å². The number of hydrazone groups is 1. The number of hydrogen-bond donors (Lipinski definition) is 1. The van der Waals surface area contributed by atoms with Crippen LogP contribution in [-0.4, -0.2) is 16.6 Å². The molecule has 1 aromatic heterocycles. The highest BCUT2D eigenvalue weighted by atomic mass is 32.2. The van der Waals surface area contributed by atoms with Gasteiger partial charge in [-0.05, 0) is 43.2 Å². The van der Waals surface area contributed by atoms with Gasteiger partial charge in [-0.15, -0.1) is 11.8 Å². The van der Waals surface area contributed by atoms with Crippen molar-refractivity contribution in [2.75, 3.05) is 0 Å². The predicted molar refractivity (Wildman–Crippen MR) is 109 cm³/mol. The molecule has 3 aromatic rings. The second kappa shape index (κ2) is 8.63. The predicted octanol–water partition coefficient (Wildman–Crippen LogP) is 5.04. The molecule has 0 radical (unpaired) electrons. The van der Waals surface area contributed by atoms with Crippen molar-refractivity contribution in [1.29, 1.82) is 0 Å². The number of amides is 1. The average Bonchev–Trinajstić information content (AvgIpc) is 2.70. The maximum absolute atomic E-state index is 12.1. The Morgan fingerprint density at radius 2 is 1.88 bits per heavy atom. The summed E-state index contributed by atoms with van der Waals surface area (Å²) in [6.07, 6.45) is 2.64. The minimum Gasteiger partial charge on any atom is -0.267 e. The number of fused-ring (bicyclic) bond motifs is 1. The van der Waals surface area contributed by atoms with E-state index in [-0.39, 0.29) is 5.91 Å². The van der Waals surface area contributed by atoms with Crippen molar-refractivity contribution in [2.24, 2.45) is 5.10 Å². The lowest BCUT2D eigenvalue weighted by molar-refractivity contribution is 0.0954. The maximum Gasteiger partial charge on any atom is 0.271 e. The van der Waals surface area contributed by atoms with Gasteiger partial charge in [-0.25, -0.2) is 5.43 Å². The van der Waals surface area contributed by atoms with Crippen molar-refractivity contribution in [3.05, 3.63) is 71.9 Å². The summed E-state index contributed by atoms with van der Waals surface area (Å²) in [6.45, 7) is 3.89. The number of nitrogens with zero attached hydrogens (tertiary/aromatic N) is 2. The lowest BCUT2D eigenvalue weighted by Gasteiger charge is -2.06. The molecule has 0 fully saturated rings. The van der Waals surface area contributed by atoms with Gasteiger partial charge in [-0.1, -0.05) is 37.3 Å². The highest BCUT2D eigenvalue weighted by molar-refractivity contribution is 7.98. The molecule has 3 rings (SSSR count). The normalized spacial score (nSPS) is 11.5. The fourth-order valence-corrected chi connectivity index (χ4v) is 3.39. The molecule has 2 aromatic carbocycles. The number of rotatable bonds is 6. The van der Waals surface area contributed by atoms with E-state index in [1.54, 1.807) is 11.8 Å². The summed E-state index contributed by atoms with van der Waals surface area (Å²) in [5.74, 6) is 0.639. The molecule has 0 saturated carbocycles. The van der Waals surface area contributed by atoms with Crippen molar-refractivity contribution >= 4 is 34.3 Å². The molecule has 26 heavy (non-hydrogen) atoms. The fraction of sp³-hybridized carbons (Fsp3) is 0.190. The van der Waals surface area contributed by atoms with Crippen molar-refractivity contribution in [3.63, 3.8) is 0 Å². The zero-order valence-corrected chi connectivity index (χ0v) is 15.7. The van der Waals surface area contributed by atoms with Crippen LogP contribution >= 0.6 is 11.8 Å². The Morgan fingerprint density at radius 1 is 1.12 bits per heavy atom. The lowest BCUT2D eigenvalue weighted by atomic mass is 10.1. The van der Waals surface area contributed by atoms with Gasteiger partial charge in [-0.3, -0.25) is 9.78 Å². The lowest BCUT2D eigenvalue weighted by Crippen LogP contribution is -2.18. The SMILES string of the molecule is CCC(C)=NNC(=O)c1ccc(CSc2cccc3cccnc23)cc1. The number of aromatic nitrogens is 1. The largest absolute Gasteiger partial charge is 0.271 e. The van der Waals surface area contributed by atoms with E-state index in [9.17, 15) is 4.79 Å². The van der Waals surface area contributed by atoms with Crippen LogP contribution < -0.4 is 5.43 Å². The molecule has 0 saturated heterocycles. The number of carbonyl (C=O) groups is 1. The van der Waals surface area contributed by atoms with Crippen LogP contribution in [0, 0.1) is 0 Å². The molecule has 0 aliphatic rings. The van der Waals surface area contributed by atoms with E-state index in [0.717, 1.165) is 39.2 Å². The monoisotopic (exact) mass is 363 g/mol. The van der Waals surface area contributed by atoms with Crippen LogP contribution in [-0.2, 0) is 5.75 Å². The Morgan fingerprint density at radius 3 is 2.65 bits per heavy atom. The maximum atomic E-state index is 12.1. The molecule has 0 aliphatic carbocycles. The van der Waals surface area contributed by atoms with Gasteiger partial charge in [0.1, 0.15) is 0 Å². The number of thioether (sulfide) groups is 1. The third kappa shape index (κ3) is 4.49. The number of benzene rings is 2. The number of carbonyl (C=O) groups excluding carboxylic acids is 1. The summed E-state index contributed by atoms with van der Waals surface area (Å²) < 4.78 is 0. The van der Waals surface area contributed by atoms with Gasteiger partial charge in [0.15, 0.2) is 0 Å². The molecule has 0 bridgehead atoms. The van der Waals surface area contributed by atoms with Crippen LogP contribution in [0.25, 0.3) is 10.9 Å². The number of para-hydroxylation sites is 1. The molecule has 1 N–H and O–H groups in total. The van der Waals surface area contributed by atoms with Crippen molar-refractivity contribution in [2.45, 2.75) is 30.9 Å². The standard InChI is InChI=1S/C21H21N3OS/c1-3-15(2)23-24-21(25)18-11-9-16(10-12-18)14-26-19-8-4-6-17-7-5-13-22-20(17)19/h4-13H,3,14H2,1-2H3,(H,24,25). The molecule has 0 unspecified atom stereocenters. The summed E-state index contributed by atoms with van der Waals surface area (Å²) >= 11 is 1.75. The fourth-order valence-electron chi connectivity index (χ4n) is 2.40. The minimum atomic E-state index is -0.185. The summed E-state index contributed by atoms with van der Waals surface area (Å²) in [5, 5.41) is 5.20. The Hall–Kier alpha value is -2.66. The van der Waals surface area contributed by atoms with Gasteiger partial charge in [0.25, 0.3) is 5.91 Å². The highest BCUT2D eigenvalue weighted by Gasteiger charge is 2.06. The number of nitrogens with one attached hydrogen (secondary N) is 1. The first kappa shape index (κ1) is 18.1. The molecule has 5 heteroatoms. The van der Waals surface area contributed by atoms with Crippen LogP contribution in [0.4, 0.5) is 0 Å². The van der Waals surface area contributed by atoms with Crippen LogP contribution in [0.1, 0.15) is 36.2 Å². The third-order valence-corrected chi connectivity index (χ3v) is 5.18. The molecular weight excluding hydrogens is 342 g/mol. The smallest absolute Gasteiger partial charge is 0.267 e. The molecular formula is C21H21N3OS. The zero-order chi connectivity index (χ0) is 18.4. The first-order valence-corrected chi connectivity index (χ1v) is 9.55. The molecule has 4 nitrogen and oxygen atoms in total. The second-order valence-corrected chi connectivity index (χ2v) is 6.98. The summed E-state index contributed by atoms with van der Waals surface area (Å²) in [7, 11) is 0. The van der Waals surface area contributed by atoms with E-state index in [0.29, 0.717) is 5.56 Å². The van der Waals surface area contributed by atoms with Gasteiger partial charge in [0, 0.05) is 33.5 Å². The quantitative estimate of drug-likeness (QED) is 0.379. The van der Waals surface area contributed by atoms with E-state index in [2.05, 4.69) is 39.8 Å². The average molecular weight is 363 g/mol. The highest BCUT2D eigenvalue weighted by Crippen LogP contribution is 2.28. The van der Waals surface area contributed by atoms with Crippen molar-refractivity contribution in [3.8, 4) is 0 Å². The van der Waals surface area contributed by atoms with Crippen LogP contribution in [0.5, 0.6) is 0 Å². The van der Waals surface area contributed by atoms with Crippen LogP contribution in [0.15, 0.2) is 70.8 Å². The Balaban J connectivity index is 1.65. The van der Waals surface area contributed by atoms with E-state index < -0.39 is 0 Å². The Bertz CT molecular complexity index is 930. The molecule has 0 aliphatic heterocycles. The van der Waals surface area contributed by atoms with Crippen LogP contribution in [0.2, 0.25) is 0 Å². The van der Waals surface area contributed by atoms with Gasteiger partial charge < -0.3 is 0 Å². The first-order valence-electron chi connectivity index (χ1n) is 8.56. The zero-order valence-electron chi connectivity index (χ0n) is 14.9. The van der Waals surface area contributed by atoms with E-state index in [1.807, 2.05) is 50.4 Å². The van der Waals surface area contributed by atoms with E-state index in [4.69, 9.17) is 0 Å². The van der Waals surface area contributed by atoms with Gasteiger partial charge >= 0.3 is 0 Å². The summed E-state index contributed by atoms with van der Waals surface area (Å²) in [6, 6.07) is 17.9. The molecule has 132 valence electrons. The summed E-state index contributed by atoms with van der Waals surface area (Å²) in [4.78, 5) is 17.7. The topological polar surface area (TPSA) is 54.4 Å². The minimum absolute atomic E-state index is 0.185. The third-order valence-electron chi connectivity index (χ3n) is 4.07. The van der Waals surface area contributed by atoms with Crippen LogP contribution in [0.3, 0.4) is 0 Å². The first-order chi connectivity index (χ1) is 12.7. The van der Waals surface area contributed by atoms with E-state index in [1.165, 1.54) is 0 Å². The molecule has 1 heterocycles. The Labute approximate surface area is 157 Å². The van der Waals surface area contributed by atoms with Gasteiger partial charge in [0.2, 0.25) is 0 Å². The molecule has 0 spiro atoms. The molecule has 0 atom stereocenters. The van der Waals surface area contributed by atoms with Gasteiger partial charge in [-0.2, -0.15) is 5.10 Å². The number of pyridine rings is 1. The second-order valence-electron chi connectivity index (χ2n) is 5.96. The number of hydrogen-bond acceptors (Lipinski definition) is 4. The van der Waals surface area contributed by atoms with Crippen molar-refractivity contribution in [1.82, 2.24) is 10.4 Å². The summed E-state index contributed by atoms with van der Waals surface area (Å²) in [5.41, 5.74) is 6.28. The van der Waals surface area contributed by atoms with Crippen molar-refractivity contribution < 1.29 is 4.79 Å². The molecule has 1 amide bonds. The Kier molecular flexibility index (Phi) is 6.02. The van der Waals surface area contributed by atoms with E-state index >= 15 is 0 Å².